The van der Waals surface area contributed by atoms with Crippen molar-refractivity contribution in [2.24, 2.45) is 5.92 Å². The van der Waals surface area contributed by atoms with Crippen LogP contribution in [0.25, 0.3) is 0 Å². The average Bonchev–Trinajstić information content (AvgIpc) is 3.27. The van der Waals surface area contributed by atoms with Crippen LogP contribution in [0, 0.1) is 5.92 Å². The second-order valence-corrected chi connectivity index (χ2v) is 7.15. The fourth-order valence-corrected chi connectivity index (χ4v) is 3.56. The molecule has 0 aromatic heterocycles. The van der Waals surface area contributed by atoms with Crippen LogP contribution < -0.4 is 5.32 Å². The van der Waals surface area contributed by atoms with Crippen LogP contribution in [0.2, 0.25) is 0 Å². The van der Waals surface area contributed by atoms with E-state index in [1.807, 2.05) is 0 Å². The van der Waals surface area contributed by atoms with Crippen molar-refractivity contribution in [1.82, 2.24) is 10.2 Å². The van der Waals surface area contributed by atoms with Crippen LogP contribution in [0.5, 0.6) is 0 Å². The van der Waals surface area contributed by atoms with Crippen molar-refractivity contribution in [1.29, 1.82) is 0 Å². The monoisotopic (exact) mass is 280 g/mol. The van der Waals surface area contributed by atoms with Gasteiger partial charge in [-0.3, -0.25) is 4.90 Å². The summed E-state index contributed by atoms with van der Waals surface area (Å²) in [6, 6.07) is 1.58. The summed E-state index contributed by atoms with van der Waals surface area (Å²) in [5.41, 5.74) is 0. The number of rotatable bonds is 9. The Labute approximate surface area is 126 Å². The second kappa shape index (κ2) is 9.04. The molecule has 1 saturated carbocycles. The van der Waals surface area contributed by atoms with Crippen LogP contribution in [0.1, 0.15) is 78.1 Å². The van der Waals surface area contributed by atoms with Gasteiger partial charge in [0.2, 0.25) is 0 Å². The van der Waals surface area contributed by atoms with Gasteiger partial charge >= 0.3 is 0 Å². The minimum atomic E-state index is 0.784. The zero-order chi connectivity index (χ0) is 14.2. The first-order chi connectivity index (χ1) is 9.81. The summed E-state index contributed by atoms with van der Waals surface area (Å²) >= 11 is 0. The van der Waals surface area contributed by atoms with Crippen LogP contribution in [-0.4, -0.2) is 36.6 Å². The molecule has 0 bridgehead atoms. The molecule has 1 aliphatic heterocycles. The fourth-order valence-electron chi connectivity index (χ4n) is 3.56. The van der Waals surface area contributed by atoms with E-state index >= 15 is 0 Å². The third-order valence-electron chi connectivity index (χ3n) is 5.26. The average molecular weight is 280 g/mol. The van der Waals surface area contributed by atoms with Crippen molar-refractivity contribution in [3.05, 3.63) is 0 Å². The van der Waals surface area contributed by atoms with Gasteiger partial charge < -0.3 is 5.32 Å². The van der Waals surface area contributed by atoms with Gasteiger partial charge in [-0.15, -0.1) is 0 Å². The third-order valence-corrected chi connectivity index (χ3v) is 5.26. The molecule has 1 heterocycles. The molecule has 1 aliphatic carbocycles. The molecule has 1 saturated heterocycles. The Morgan fingerprint density at radius 2 is 1.65 bits per heavy atom. The maximum Gasteiger partial charge on any atom is 0.0223 e. The van der Waals surface area contributed by atoms with Gasteiger partial charge in [-0.25, -0.2) is 0 Å². The lowest BCUT2D eigenvalue weighted by Gasteiger charge is -2.29. The van der Waals surface area contributed by atoms with Crippen molar-refractivity contribution < 1.29 is 0 Å². The smallest absolute Gasteiger partial charge is 0.0223 e. The van der Waals surface area contributed by atoms with Gasteiger partial charge in [0, 0.05) is 18.6 Å². The number of unbranched alkanes of at least 4 members (excludes halogenated alkanes) is 6. The molecule has 1 N–H and O–H groups in total. The molecule has 0 spiro atoms. The molecule has 118 valence electrons. The first-order valence-corrected chi connectivity index (χ1v) is 9.28. The van der Waals surface area contributed by atoms with Gasteiger partial charge in [0.15, 0.2) is 0 Å². The Balaban J connectivity index is 1.59. The van der Waals surface area contributed by atoms with Gasteiger partial charge in [-0.2, -0.15) is 0 Å². The molecule has 2 heteroatoms. The van der Waals surface area contributed by atoms with E-state index in [1.165, 1.54) is 83.8 Å². The Morgan fingerprint density at radius 1 is 0.950 bits per heavy atom. The van der Waals surface area contributed by atoms with Gasteiger partial charge in [0.05, 0.1) is 0 Å². The highest BCUT2D eigenvalue weighted by atomic mass is 15.2. The highest BCUT2D eigenvalue weighted by molar-refractivity contribution is 4.91. The fraction of sp³-hybridized carbons (Fsp3) is 1.00. The van der Waals surface area contributed by atoms with E-state index < -0.39 is 0 Å². The predicted octanol–water partition coefficient (Wildman–Crippen LogP) is 4.20. The molecule has 0 amide bonds. The second-order valence-electron chi connectivity index (χ2n) is 7.15. The predicted molar refractivity (Wildman–Crippen MR) is 88.2 cm³/mol. The minimum absolute atomic E-state index is 0.784. The SMILES string of the molecule is CCCCCCCCCN1CC(C2CC2)NCCC1C. The van der Waals surface area contributed by atoms with Crippen LogP contribution >= 0.6 is 0 Å². The quantitative estimate of drug-likeness (QED) is 0.637. The molecule has 2 fully saturated rings. The Kier molecular flexibility index (Phi) is 7.37. The zero-order valence-corrected chi connectivity index (χ0v) is 13.9. The largest absolute Gasteiger partial charge is 0.312 e. The molecule has 2 unspecified atom stereocenters. The van der Waals surface area contributed by atoms with E-state index in [0.29, 0.717) is 0 Å². The van der Waals surface area contributed by atoms with Gasteiger partial charge in [0.25, 0.3) is 0 Å². The summed E-state index contributed by atoms with van der Waals surface area (Å²) in [6.45, 7) is 8.60. The standard InChI is InChI=1S/C18H36N2/c1-3-4-5-6-7-8-9-14-20-15-18(17-10-11-17)19-13-12-16(20)2/h16-19H,3-15H2,1-2H3. The molecule has 0 radical (unpaired) electrons. The summed E-state index contributed by atoms with van der Waals surface area (Å²) in [7, 11) is 0. The number of hydrogen-bond acceptors (Lipinski definition) is 2. The highest BCUT2D eigenvalue weighted by Crippen LogP contribution is 2.34. The summed E-state index contributed by atoms with van der Waals surface area (Å²) in [5, 5.41) is 3.79. The molecule has 2 atom stereocenters. The van der Waals surface area contributed by atoms with E-state index in [2.05, 4.69) is 24.1 Å². The maximum atomic E-state index is 3.79. The highest BCUT2D eigenvalue weighted by Gasteiger charge is 2.34. The number of nitrogens with zero attached hydrogens (tertiary/aromatic N) is 1. The van der Waals surface area contributed by atoms with E-state index in [9.17, 15) is 0 Å². The normalized spacial score (nSPS) is 28.5. The number of hydrogen-bond donors (Lipinski definition) is 1. The van der Waals surface area contributed by atoms with E-state index in [-0.39, 0.29) is 0 Å². The van der Waals surface area contributed by atoms with Crippen LogP contribution in [0.3, 0.4) is 0 Å². The molecule has 20 heavy (non-hydrogen) atoms. The summed E-state index contributed by atoms with van der Waals surface area (Å²) < 4.78 is 0. The molecular weight excluding hydrogens is 244 g/mol. The molecule has 2 rings (SSSR count). The van der Waals surface area contributed by atoms with Crippen molar-refractivity contribution in [2.45, 2.75) is 90.1 Å². The van der Waals surface area contributed by atoms with Crippen molar-refractivity contribution in [3.63, 3.8) is 0 Å². The van der Waals surface area contributed by atoms with Crippen molar-refractivity contribution in [2.75, 3.05) is 19.6 Å². The van der Waals surface area contributed by atoms with Crippen LogP contribution in [0.15, 0.2) is 0 Å². The summed E-state index contributed by atoms with van der Waals surface area (Å²) in [4.78, 5) is 2.77. The molecule has 0 aromatic rings. The van der Waals surface area contributed by atoms with Gasteiger partial charge in [0.1, 0.15) is 0 Å². The Morgan fingerprint density at radius 3 is 2.35 bits per heavy atom. The van der Waals surface area contributed by atoms with Gasteiger partial charge in [-0.1, -0.05) is 45.4 Å². The topological polar surface area (TPSA) is 15.3 Å². The van der Waals surface area contributed by atoms with Crippen LogP contribution in [0.4, 0.5) is 0 Å². The van der Waals surface area contributed by atoms with Crippen LogP contribution in [-0.2, 0) is 0 Å². The lowest BCUT2D eigenvalue weighted by atomic mass is 10.1. The summed E-state index contributed by atoms with van der Waals surface area (Å²) in [5.74, 6) is 0.997. The van der Waals surface area contributed by atoms with E-state index in [0.717, 1.165) is 18.0 Å². The number of nitrogens with one attached hydrogen (secondary N) is 1. The molecule has 2 aliphatic rings. The van der Waals surface area contributed by atoms with Crippen molar-refractivity contribution >= 4 is 0 Å². The third kappa shape index (κ3) is 5.73. The zero-order valence-electron chi connectivity index (χ0n) is 13.9. The maximum absolute atomic E-state index is 3.79. The Hall–Kier alpha value is -0.0800. The lowest BCUT2D eigenvalue weighted by molar-refractivity contribution is 0.195. The first-order valence-electron chi connectivity index (χ1n) is 9.28. The van der Waals surface area contributed by atoms with Gasteiger partial charge in [-0.05, 0) is 51.6 Å². The van der Waals surface area contributed by atoms with E-state index in [4.69, 9.17) is 0 Å². The minimum Gasteiger partial charge on any atom is -0.312 e. The lowest BCUT2D eigenvalue weighted by Crippen LogP contribution is -2.41. The molecule has 0 aromatic carbocycles. The molecule has 2 nitrogen and oxygen atoms in total. The van der Waals surface area contributed by atoms with Crippen molar-refractivity contribution in [3.8, 4) is 0 Å². The first kappa shape index (κ1) is 16.3. The Bertz CT molecular complexity index is 250. The summed E-state index contributed by atoms with van der Waals surface area (Å²) in [6.07, 6.45) is 14.3. The molecular formula is C18H36N2. The van der Waals surface area contributed by atoms with E-state index in [1.54, 1.807) is 0 Å².